The van der Waals surface area contributed by atoms with Gasteiger partial charge in [0.05, 0.1) is 11.4 Å². The van der Waals surface area contributed by atoms with E-state index in [1.807, 2.05) is 97.9 Å². The second kappa shape index (κ2) is 11.3. The first-order valence-corrected chi connectivity index (χ1v) is 12.2. The van der Waals surface area contributed by atoms with Crippen molar-refractivity contribution in [3.05, 3.63) is 121 Å². The van der Waals surface area contributed by atoms with Gasteiger partial charge in [-0.2, -0.15) is 9.97 Å². The topological polar surface area (TPSA) is 75.6 Å². The van der Waals surface area contributed by atoms with Crippen LogP contribution in [0.25, 0.3) is 33.7 Å². The number of hydrogen-bond donors (Lipinski definition) is 2. The number of hydrogen-bond acceptors (Lipinski definition) is 6. The molecule has 6 heteroatoms. The van der Waals surface area contributed by atoms with E-state index < -0.39 is 0 Å². The smallest absolute Gasteiger partial charge is 0.227 e. The van der Waals surface area contributed by atoms with Crippen LogP contribution in [0.3, 0.4) is 0 Å². The van der Waals surface area contributed by atoms with Gasteiger partial charge in [0.15, 0.2) is 17.0 Å². The Balaban J connectivity index is 1.65. The minimum absolute atomic E-state index is 0.486. The van der Waals surface area contributed by atoms with Crippen molar-refractivity contribution in [3.8, 4) is 22.5 Å². The van der Waals surface area contributed by atoms with E-state index in [1.165, 1.54) is 0 Å². The van der Waals surface area contributed by atoms with Gasteiger partial charge in [0.2, 0.25) is 5.95 Å². The van der Waals surface area contributed by atoms with Crippen LogP contribution in [0.1, 0.15) is 12.5 Å². The monoisotopic (exact) mass is 484 g/mol. The number of aromatic nitrogens is 4. The highest BCUT2D eigenvalue weighted by molar-refractivity contribution is 5.90. The van der Waals surface area contributed by atoms with Gasteiger partial charge in [-0.3, -0.25) is 0 Å². The third-order valence-electron chi connectivity index (χ3n) is 6.01. The predicted octanol–water partition coefficient (Wildman–Crippen LogP) is 6.91. The zero-order valence-electron chi connectivity index (χ0n) is 20.7. The number of allylic oxidation sites excluding steroid dienone is 1. The second-order valence-corrected chi connectivity index (χ2v) is 8.48. The molecule has 0 saturated carbocycles. The third-order valence-corrected chi connectivity index (χ3v) is 6.01. The number of anilines is 2. The molecular formula is C31H28N6. The molecule has 0 atom stereocenters. The minimum Gasteiger partial charge on any atom is -0.364 e. The Morgan fingerprint density at radius 1 is 0.730 bits per heavy atom. The van der Waals surface area contributed by atoms with E-state index in [1.54, 1.807) is 0 Å². The molecular weight excluding hydrogens is 456 g/mol. The molecule has 0 aliphatic heterocycles. The highest BCUT2D eigenvalue weighted by Crippen LogP contribution is 2.32. The van der Waals surface area contributed by atoms with Crippen molar-refractivity contribution >= 4 is 22.9 Å². The van der Waals surface area contributed by atoms with Crippen LogP contribution < -0.4 is 10.6 Å². The standard InChI is InChI=1S/C31H28N6/c1-3-22(4-2)20-32-29-28-30(37-31(36-29)33-21-23-14-8-5-9-15-23)35-27(25-18-12-7-13-19-25)26(34-28)24-16-10-6-11-17-24/h3-19H,1,20-21H2,2H3,(H2,32,33,35,36,37)/b22-4+. The Morgan fingerprint density at radius 2 is 1.32 bits per heavy atom. The Bertz CT molecular complexity index is 1530. The highest BCUT2D eigenvalue weighted by atomic mass is 15.2. The number of nitrogens with zero attached hydrogens (tertiary/aromatic N) is 4. The summed E-state index contributed by atoms with van der Waals surface area (Å²) in [6.45, 7) is 7.05. The van der Waals surface area contributed by atoms with Crippen LogP contribution in [0.5, 0.6) is 0 Å². The Kier molecular flexibility index (Phi) is 7.27. The summed E-state index contributed by atoms with van der Waals surface area (Å²) in [6, 6.07) is 30.3. The molecule has 0 amide bonds. The first-order valence-electron chi connectivity index (χ1n) is 12.2. The van der Waals surface area contributed by atoms with Crippen molar-refractivity contribution in [1.82, 2.24) is 19.9 Å². The lowest BCUT2D eigenvalue weighted by Gasteiger charge is -2.15. The van der Waals surface area contributed by atoms with E-state index in [0.717, 1.165) is 33.7 Å². The summed E-state index contributed by atoms with van der Waals surface area (Å²) in [7, 11) is 0. The molecule has 0 bridgehead atoms. The fraction of sp³-hybridized carbons (Fsp3) is 0.0968. The SMILES string of the molecule is C=C/C(=C\C)CNc1nc(NCc2ccccc2)nc2nc(-c3ccccc3)c(-c3ccccc3)nc12. The molecule has 2 aromatic heterocycles. The quantitative estimate of drug-likeness (QED) is 0.221. The van der Waals surface area contributed by atoms with Gasteiger partial charge < -0.3 is 10.6 Å². The van der Waals surface area contributed by atoms with Gasteiger partial charge in [-0.15, -0.1) is 0 Å². The first-order chi connectivity index (χ1) is 18.2. The average Bonchev–Trinajstić information content (AvgIpc) is 2.97. The van der Waals surface area contributed by atoms with E-state index in [4.69, 9.17) is 19.9 Å². The predicted molar refractivity (Wildman–Crippen MR) is 152 cm³/mol. The lowest BCUT2D eigenvalue weighted by molar-refractivity contribution is 1.05. The van der Waals surface area contributed by atoms with Crippen LogP contribution in [0.15, 0.2) is 115 Å². The maximum absolute atomic E-state index is 5.09. The van der Waals surface area contributed by atoms with E-state index >= 15 is 0 Å². The van der Waals surface area contributed by atoms with Crippen LogP contribution in [-0.2, 0) is 6.54 Å². The second-order valence-electron chi connectivity index (χ2n) is 8.48. The number of nitrogens with one attached hydrogen (secondary N) is 2. The molecule has 2 N–H and O–H groups in total. The number of rotatable bonds is 9. The molecule has 0 radical (unpaired) electrons. The molecule has 3 aromatic carbocycles. The summed E-state index contributed by atoms with van der Waals surface area (Å²) in [4.78, 5) is 19.7. The molecule has 0 aliphatic rings. The van der Waals surface area contributed by atoms with Crippen LogP contribution in [0.2, 0.25) is 0 Å². The molecule has 0 spiro atoms. The van der Waals surface area contributed by atoms with E-state index in [0.29, 0.717) is 36.0 Å². The fourth-order valence-electron chi connectivity index (χ4n) is 4.00. The zero-order valence-corrected chi connectivity index (χ0v) is 20.7. The fourth-order valence-corrected chi connectivity index (χ4v) is 4.00. The van der Waals surface area contributed by atoms with Gasteiger partial charge >= 0.3 is 0 Å². The van der Waals surface area contributed by atoms with Crippen molar-refractivity contribution in [1.29, 1.82) is 0 Å². The van der Waals surface area contributed by atoms with Crippen molar-refractivity contribution in [2.24, 2.45) is 0 Å². The number of benzene rings is 3. The largest absolute Gasteiger partial charge is 0.364 e. The lowest BCUT2D eigenvalue weighted by Crippen LogP contribution is -2.11. The van der Waals surface area contributed by atoms with E-state index in [-0.39, 0.29) is 0 Å². The summed E-state index contributed by atoms with van der Waals surface area (Å²) in [5, 5.41) is 6.78. The maximum Gasteiger partial charge on any atom is 0.227 e. The summed E-state index contributed by atoms with van der Waals surface area (Å²) in [5.41, 5.74) is 6.85. The Hall–Kier alpha value is -4.84. The molecule has 0 saturated heterocycles. The molecule has 5 rings (SSSR count). The van der Waals surface area contributed by atoms with Crippen LogP contribution in [-0.4, -0.2) is 26.5 Å². The molecule has 37 heavy (non-hydrogen) atoms. The van der Waals surface area contributed by atoms with Crippen LogP contribution in [0.4, 0.5) is 11.8 Å². The summed E-state index contributed by atoms with van der Waals surface area (Å²) < 4.78 is 0. The number of fused-ring (bicyclic) bond motifs is 1. The molecule has 182 valence electrons. The van der Waals surface area contributed by atoms with Crippen molar-refractivity contribution in [2.75, 3.05) is 17.2 Å². The lowest BCUT2D eigenvalue weighted by atomic mass is 10.0. The van der Waals surface area contributed by atoms with E-state index in [2.05, 4.69) is 29.3 Å². The Labute approximate surface area is 216 Å². The summed E-state index contributed by atoms with van der Waals surface area (Å²) >= 11 is 0. The van der Waals surface area contributed by atoms with Gasteiger partial charge in [0, 0.05) is 24.2 Å². The zero-order chi connectivity index (χ0) is 25.5. The average molecular weight is 485 g/mol. The normalized spacial score (nSPS) is 11.3. The molecule has 0 aliphatic carbocycles. The summed E-state index contributed by atoms with van der Waals surface area (Å²) in [6.07, 6.45) is 3.85. The van der Waals surface area contributed by atoms with Gasteiger partial charge in [-0.25, -0.2) is 9.97 Å². The molecule has 0 fully saturated rings. The minimum atomic E-state index is 0.486. The first kappa shape index (κ1) is 23.9. The van der Waals surface area contributed by atoms with Gasteiger partial charge in [0.1, 0.15) is 0 Å². The summed E-state index contributed by atoms with van der Waals surface area (Å²) in [5.74, 6) is 1.10. The maximum atomic E-state index is 5.09. The van der Waals surface area contributed by atoms with Gasteiger partial charge in [-0.1, -0.05) is 110 Å². The van der Waals surface area contributed by atoms with Crippen LogP contribution in [0, 0.1) is 0 Å². The van der Waals surface area contributed by atoms with E-state index in [9.17, 15) is 0 Å². The van der Waals surface area contributed by atoms with Crippen molar-refractivity contribution < 1.29 is 0 Å². The molecule has 6 nitrogen and oxygen atoms in total. The van der Waals surface area contributed by atoms with Crippen molar-refractivity contribution in [3.63, 3.8) is 0 Å². The van der Waals surface area contributed by atoms with Crippen LogP contribution >= 0.6 is 0 Å². The van der Waals surface area contributed by atoms with Gasteiger partial charge in [0.25, 0.3) is 0 Å². The van der Waals surface area contributed by atoms with Gasteiger partial charge in [-0.05, 0) is 18.1 Å². The highest BCUT2D eigenvalue weighted by Gasteiger charge is 2.18. The molecule has 0 unspecified atom stereocenters. The molecule has 2 heterocycles. The van der Waals surface area contributed by atoms with Crippen molar-refractivity contribution in [2.45, 2.75) is 13.5 Å². The molecule has 5 aromatic rings. The third kappa shape index (κ3) is 5.54. The Morgan fingerprint density at radius 3 is 1.92 bits per heavy atom.